The van der Waals surface area contributed by atoms with E-state index < -0.39 is 5.63 Å². The summed E-state index contributed by atoms with van der Waals surface area (Å²) in [4.78, 5) is 33.1. The molecule has 3 heterocycles. The number of methoxy groups -OCH3 is 1. The topological polar surface area (TPSA) is 94.8 Å². The molecule has 0 bridgehead atoms. The second-order valence-corrected chi connectivity index (χ2v) is 5.33. The Morgan fingerprint density at radius 3 is 2.75 bits per heavy atom. The molecule has 0 radical (unpaired) electrons. The quantitative estimate of drug-likeness (QED) is 0.828. The van der Waals surface area contributed by atoms with E-state index >= 15 is 0 Å². The molecule has 8 nitrogen and oxygen atoms in total. The van der Waals surface area contributed by atoms with Crippen LogP contribution < -0.4 is 15.1 Å². The average Bonchev–Trinajstić information content (AvgIpc) is 2.62. The van der Waals surface area contributed by atoms with Gasteiger partial charge in [-0.1, -0.05) is 0 Å². The molecule has 1 aliphatic heterocycles. The zero-order valence-corrected chi connectivity index (χ0v) is 13.2. The smallest absolute Gasteiger partial charge is 0.335 e. The van der Waals surface area contributed by atoms with Crippen LogP contribution in [0.1, 0.15) is 23.2 Å². The first-order valence-corrected chi connectivity index (χ1v) is 7.57. The Kier molecular flexibility index (Phi) is 4.74. The SMILES string of the molecule is COc1nccc(OC2CCN(C(=O)c3ccc(=O)oc3)CC2)n1. The average molecular weight is 331 g/mol. The first-order chi connectivity index (χ1) is 11.7. The van der Waals surface area contributed by atoms with Crippen molar-refractivity contribution in [1.82, 2.24) is 14.9 Å². The maximum Gasteiger partial charge on any atom is 0.335 e. The van der Waals surface area contributed by atoms with E-state index in [1.54, 1.807) is 17.2 Å². The zero-order valence-electron chi connectivity index (χ0n) is 13.2. The first kappa shape index (κ1) is 16.0. The minimum absolute atomic E-state index is 0.0256. The van der Waals surface area contributed by atoms with Gasteiger partial charge < -0.3 is 18.8 Å². The number of ether oxygens (including phenoxy) is 2. The molecule has 24 heavy (non-hydrogen) atoms. The highest BCUT2D eigenvalue weighted by atomic mass is 16.5. The summed E-state index contributed by atoms with van der Waals surface area (Å²) in [5.74, 6) is 0.303. The van der Waals surface area contributed by atoms with Crippen LogP contribution in [0.3, 0.4) is 0 Å². The van der Waals surface area contributed by atoms with Crippen molar-refractivity contribution in [2.75, 3.05) is 20.2 Å². The van der Waals surface area contributed by atoms with Crippen LogP contribution in [0.15, 0.2) is 39.9 Å². The zero-order chi connectivity index (χ0) is 16.9. The standard InChI is InChI=1S/C16H17N3O5/c1-22-16-17-7-4-13(18-16)24-12-5-8-19(9-6-12)15(21)11-2-3-14(20)23-10-11/h2-4,7,10,12H,5-6,8-9H2,1H3. The Hall–Kier alpha value is -2.90. The summed E-state index contributed by atoms with van der Waals surface area (Å²) in [7, 11) is 1.49. The summed E-state index contributed by atoms with van der Waals surface area (Å²) in [5, 5.41) is 0. The number of amides is 1. The van der Waals surface area contributed by atoms with Crippen molar-refractivity contribution in [1.29, 1.82) is 0 Å². The van der Waals surface area contributed by atoms with Gasteiger partial charge in [0.2, 0.25) is 5.88 Å². The van der Waals surface area contributed by atoms with Gasteiger partial charge in [0.15, 0.2) is 0 Å². The molecule has 1 aliphatic rings. The van der Waals surface area contributed by atoms with Crippen molar-refractivity contribution >= 4 is 5.91 Å². The largest absolute Gasteiger partial charge is 0.474 e. The summed E-state index contributed by atoms with van der Waals surface area (Å²) in [5.41, 5.74) is -0.103. The molecule has 3 rings (SSSR count). The number of carbonyl (C=O) groups is 1. The monoisotopic (exact) mass is 331 g/mol. The van der Waals surface area contributed by atoms with E-state index in [4.69, 9.17) is 13.9 Å². The van der Waals surface area contributed by atoms with Crippen molar-refractivity contribution in [3.8, 4) is 11.9 Å². The van der Waals surface area contributed by atoms with Gasteiger partial charge in [-0.05, 0) is 6.07 Å². The fraction of sp³-hybridized carbons (Fsp3) is 0.375. The van der Waals surface area contributed by atoms with Crippen LogP contribution in [-0.2, 0) is 0 Å². The highest BCUT2D eigenvalue weighted by Gasteiger charge is 2.25. The van der Waals surface area contributed by atoms with Crippen LogP contribution >= 0.6 is 0 Å². The molecule has 126 valence electrons. The van der Waals surface area contributed by atoms with Gasteiger partial charge >= 0.3 is 11.6 Å². The molecular weight excluding hydrogens is 314 g/mol. The van der Waals surface area contributed by atoms with E-state index in [-0.39, 0.29) is 18.0 Å². The van der Waals surface area contributed by atoms with Crippen LogP contribution in [0, 0.1) is 0 Å². The van der Waals surface area contributed by atoms with Crippen molar-refractivity contribution in [3.05, 3.63) is 46.6 Å². The Balaban J connectivity index is 1.56. The van der Waals surface area contributed by atoms with Crippen LogP contribution in [0.2, 0.25) is 0 Å². The summed E-state index contributed by atoms with van der Waals surface area (Å²) in [6.45, 7) is 1.12. The number of hydrogen-bond donors (Lipinski definition) is 0. The Morgan fingerprint density at radius 2 is 2.08 bits per heavy atom. The number of rotatable bonds is 4. The normalized spacial score (nSPS) is 15.1. The molecule has 0 saturated carbocycles. The maximum absolute atomic E-state index is 12.3. The fourth-order valence-electron chi connectivity index (χ4n) is 2.50. The molecule has 0 aromatic carbocycles. The lowest BCUT2D eigenvalue weighted by Gasteiger charge is -2.31. The van der Waals surface area contributed by atoms with E-state index in [0.29, 0.717) is 37.4 Å². The van der Waals surface area contributed by atoms with Crippen LogP contribution in [-0.4, -0.2) is 47.1 Å². The third-order valence-electron chi connectivity index (χ3n) is 3.76. The fourth-order valence-corrected chi connectivity index (χ4v) is 2.50. The molecule has 1 amide bonds. The third-order valence-corrected chi connectivity index (χ3v) is 3.76. The molecule has 0 atom stereocenters. The van der Waals surface area contributed by atoms with Gasteiger partial charge in [0.05, 0.1) is 12.7 Å². The highest BCUT2D eigenvalue weighted by molar-refractivity contribution is 5.93. The minimum atomic E-state index is -0.473. The van der Waals surface area contributed by atoms with Crippen LogP contribution in [0.4, 0.5) is 0 Å². The van der Waals surface area contributed by atoms with Crippen LogP contribution in [0.5, 0.6) is 11.9 Å². The summed E-state index contributed by atoms with van der Waals surface area (Å²) < 4.78 is 15.5. The molecule has 8 heteroatoms. The molecule has 0 aliphatic carbocycles. The van der Waals surface area contributed by atoms with Gasteiger partial charge in [0, 0.05) is 44.3 Å². The van der Waals surface area contributed by atoms with E-state index in [9.17, 15) is 9.59 Å². The van der Waals surface area contributed by atoms with Gasteiger partial charge in [0.25, 0.3) is 5.91 Å². The molecule has 0 unspecified atom stereocenters. The number of carbonyl (C=O) groups excluding carboxylic acids is 1. The van der Waals surface area contributed by atoms with E-state index in [1.807, 2.05) is 0 Å². The van der Waals surface area contributed by atoms with Gasteiger partial charge in [-0.25, -0.2) is 9.78 Å². The maximum atomic E-state index is 12.3. The number of piperidine rings is 1. The lowest BCUT2D eigenvalue weighted by molar-refractivity contribution is 0.0584. The second-order valence-electron chi connectivity index (χ2n) is 5.33. The van der Waals surface area contributed by atoms with Gasteiger partial charge in [-0.2, -0.15) is 4.98 Å². The highest BCUT2D eigenvalue weighted by Crippen LogP contribution is 2.19. The molecule has 1 saturated heterocycles. The van der Waals surface area contributed by atoms with E-state index in [0.717, 1.165) is 0 Å². The van der Waals surface area contributed by atoms with Crippen molar-refractivity contribution < 1.29 is 18.7 Å². The lowest BCUT2D eigenvalue weighted by Crippen LogP contribution is -2.41. The van der Waals surface area contributed by atoms with Gasteiger partial charge in [0.1, 0.15) is 12.4 Å². The summed E-state index contributed by atoms with van der Waals surface area (Å²) in [6, 6.07) is 4.65. The van der Waals surface area contributed by atoms with Crippen LogP contribution in [0.25, 0.3) is 0 Å². The molecule has 2 aromatic rings. The predicted octanol–water partition coefficient (Wildman–Crippen LogP) is 1.12. The molecule has 1 fully saturated rings. The van der Waals surface area contributed by atoms with E-state index in [1.165, 1.54) is 25.5 Å². The third kappa shape index (κ3) is 3.70. The Morgan fingerprint density at radius 1 is 1.29 bits per heavy atom. The number of aromatic nitrogens is 2. The summed E-state index contributed by atoms with van der Waals surface area (Å²) in [6.07, 6.45) is 4.12. The summed E-state index contributed by atoms with van der Waals surface area (Å²) >= 11 is 0. The molecular formula is C16H17N3O5. The molecule has 0 spiro atoms. The van der Waals surface area contributed by atoms with Crippen molar-refractivity contribution in [2.24, 2.45) is 0 Å². The number of likely N-dealkylation sites (tertiary alicyclic amines) is 1. The van der Waals surface area contributed by atoms with E-state index in [2.05, 4.69) is 9.97 Å². The first-order valence-electron chi connectivity index (χ1n) is 7.57. The minimum Gasteiger partial charge on any atom is -0.474 e. The van der Waals surface area contributed by atoms with Crippen molar-refractivity contribution in [2.45, 2.75) is 18.9 Å². The van der Waals surface area contributed by atoms with Gasteiger partial charge in [-0.15, -0.1) is 0 Å². The van der Waals surface area contributed by atoms with Gasteiger partial charge in [-0.3, -0.25) is 4.79 Å². The number of hydrogen-bond acceptors (Lipinski definition) is 7. The Labute approximate surface area is 138 Å². The molecule has 0 N–H and O–H groups in total. The lowest BCUT2D eigenvalue weighted by atomic mass is 10.1. The molecule has 2 aromatic heterocycles. The van der Waals surface area contributed by atoms with Crippen molar-refractivity contribution in [3.63, 3.8) is 0 Å². The predicted molar refractivity (Wildman–Crippen MR) is 83.1 cm³/mol. The second kappa shape index (κ2) is 7.12. The Bertz CT molecular complexity index is 748. The number of nitrogens with zero attached hydrogens (tertiary/aromatic N) is 3.